The van der Waals surface area contributed by atoms with Crippen molar-refractivity contribution in [2.45, 2.75) is 38.1 Å². The van der Waals surface area contributed by atoms with Crippen LogP contribution in [-0.2, 0) is 16.6 Å². The summed E-state index contributed by atoms with van der Waals surface area (Å²) in [5.74, 6) is 0. The van der Waals surface area contributed by atoms with Crippen LogP contribution in [0, 0.1) is 5.41 Å². The molecule has 0 saturated heterocycles. The minimum absolute atomic E-state index is 0.175. The van der Waals surface area contributed by atoms with Crippen LogP contribution in [-0.4, -0.2) is 21.5 Å². The fraction of sp³-hybridized carbons (Fsp3) is 0.571. The van der Waals surface area contributed by atoms with Gasteiger partial charge in [0.15, 0.2) is 0 Å². The molecule has 0 bridgehead atoms. The Morgan fingerprint density at radius 3 is 2.68 bits per heavy atom. The Balaban J connectivity index is 2.06. The molecule has 0 amide bonds. The molecule has 0 atom stereocenters. The Labute approximate surface area is 115 Å². The van der Waals surface area contributed by atoms with Gasteiger partial charge in [-0.15, -0.1) is 0 Å². The van der Waals surface area contributed by atoms with Gasteiger partial charge < -0.3 is 5.32 Å². The van der Waals surface area contributed by atoms with Crippen LogP contribution in [0.4, 0.5) is 0 Å². The third-order valence-corrected chi connectivity index (χ3v) is 4.98. The monoisotopic (exact) mass is 282 g/mol. The van der Waals surface area contributed by atoms with E-state index in [-0.39, 0.29) is 5.41 Å². The molecule has 0 aliphatic heterocycles. The molecule has 1 aromatic rings. The zero-order chi connectivity index (χ0) is 13.9. The van der Waals surface area contributed by atoms with Crippen molar-refractivity contribution in [3.8, 4) is 0 Å². The first kappa shape index (κ1) is 14.5. The quantitative estimate of drug-likeness (QED) is 0.803. The van der Waals surface area contributed by atoms with E-state index in [1.165, 1.54) is 0 Å². The first-order chi connectivity index (χ1) is 8.95. The van der Waals surface area contributed by atoms with Gasteiger partial charge in [0, 0.05) is 13.1 Å². The minimum atomic E-state index is -3.38. The van der Waals surface area contributed by atoms with Crippen LogP contribution in [0.5, 0.6) is 0 Å². The van der Waals surface area contributed by atoms with Crippen LogP contribution >= 0.6 is 0 Å². The zero-order valence-electron chi connectivity index (χ0n) is 11.6. The number of hydrogen-bond donors (Lipinski definition) is 2. The van der Waals surface area contributed by atoms with Gasteiger partial charge in [0.2, 0.25) is 10.0 Å². The van der Waals surface area contributed by atoms with Crippen molar-refractivity contribution < 1.29 is 8.42 Å². The van der Waals surface area contributed by atoms with Gasteiger partial charge in [0.1, 0.15) is 0 Å². The van der Waals surface area contributed by atoms with E-state index in [9.17, 15) is 8.42 Å². The highest BCUT2D eigenvalue weighted by Crippen LogP contribution is 2.44. The van der Waals surface area contributed by atoms with Gasteiger partial charge in [-0.1, -0.05) is 26.0 Å². The van der Waals surface area contributed by atoms with Gasteiger partial charge in [-0.25, -0.2) is 13.1 Å². The fourth-order valence-electron chi connectivity index (χ4n) is 1.83. The summed E-state index contributed by atoms with van der Waals surface area (Å²) in [5, 5.41) is 3.19. The second kappa shape index (κ2) is 5.61. The Bertz CT molecular complexity index is 536. The third-order valence-electron chi connectivity index (χ3n) is 3.58. The molecule has 0 radical (unpaired) electrons. The van der Waals surface area contributed by atoms with Crippen LogP contribution in [0.25, 0.3) is 0 Å². The van der Waals surface area contributed by atoms with Gasteiger partial charge in [0.05, 0.1) is 4.90 Å². The van der Waals surface area contributed by atoms with E-state index in [1.54, 1.807) is 18.2 Å². The molecule has 2 rings (SSSR count). The molecule has 0 spiro atoms. The van der Waals surface area contributed by atoms with Crippen molar-refractivity contribution in [1.29, 1.82) is 0 Å². The van der Waals surface area contributed by atoms with E-state index in [0.717, 1.165) is 24.9 Å². The molecule has 4 nitrogen and oxygen atoms in total. The number of nitrogens with one attached hydrogen (secondary N) is 2. The minimum Gasteiger partial charge on any atom is -0.313 e. The summed E-state index contributed by atoms with van der Waals surface area (Å²) in [7, 11) is -3.38. The summed E-state index contributed by atoms with van der Waals surface area (Å²) in [6, 6.07) is 7.11. The molecular formula is C14H22N2O2S. The van der Waals surface area contributed by atoms with Crippen molar-refractivity contribution in [2.24, 2.45) is 5.41 Å². The smallest absolute Gasteiger partial charge is 0.240 e. The first-order valence-electron chi connectivity index (χ1n) is 6.74. The lowest BCUT2D eigenvalue weighted by Crippen LogP contribution is -2.29. The number of rotatable bonds is 7. The van der Waals surface area contributed by atoms with Gasteiger partial charge in [0.25, 0.3) is 0 Å². The predicted octanol–water partition coefficient (Wildman–Crippen LogP) is 1.87. The maximum atomic E-state index is 12.2. The molecule has 0 aromatic heterocycles. The Hall–Kier alpha value is -0.910. The molecule has 2 N–H and O–H groups in total. The summed E-state index contributed by atoms with van der Waals surface area (Å²) >= 11 is 0. The molecule has 0 heterocycles. The molecular weight excluding hydrogens is 260 g/mol. The Morgan fingerprint density at radius 1 is 1.32 bits per heavy atom. The van der Waals surface area contributed by atoms with E-state index < -0.39 is 10.0 Å². The van der Waals surface area contributed by atoms with Crippen molar-refractivity contribution in [1.82, 2.24) is 10.0 Å². The normalized spacial score (nSPS) is 17.4. The average Bonchev–Trinajstić information content (AvgIpc) is 3.13. The zero-order valence-corrected chi connectivity index (χ0v) is 12.4. The lowest BCUT2D eigenvalue weighted by Gasteiger charge is -2.11. The van der Waals surface area contributed by atoms with Crippen molar-refractivity contribution in [3.63, 3.8) is 0 Å². The van der Waals surface area contributed by atoms with Crippen molar-refractivity contribution in [3.05, 3.63) is 29.8 Å². The summed E-state index contributed by atoms with van der Waals surface area (Å²) < 4.78 is 27.1. The maximum Gasteiger partial charge on any atom is 0.240 e. The predicted molar refractivity (Wildman–Crippen MR) is 76.4 cm³/mol. The largest absolute Gasteiger partial charge is 0.313 e. The highest BCUT2D eigenvalue weighted by atomic mass is 32.2. The molecule has 19 heavy (non-hydrogen) atoms. The van der Waals surface area contributed by atoms with Gasteiger partial charge in [-0.2, -0.15) is 0 Å². The highest BCUT2D eigenvalue weighted by Gasteiger charge is 2.38. The van der Waals surface area contributed by atoms with Gasteiger partial charge in [-0.05, 0) is 42.5 Å². The topological polar surface area (TPSA) is 58.2 Å². The van der Waals surface area contributed by atoms with Gasteiger partial charge in [-0.3, -0.25) is 0 Å². The second-order valence-electron chi connectivity index (χ2n) is 5.56. The van der Waals surface area contributed by atoms with Crippen LogP contribution in [0.3, 0.4) is 0 Å². The Kier molecular flexibility index (Phi) is 4.28. The van der Waals surface area contributed by atoms with Crippen molar-refractivity contribution >= 4 is 10.0 Å². The summed E-state index contributed by atoms with van der Waals surface area (Å²) in [4.78, 5) is 0.354. The van der Waals surface area contributed by atoms with Crippen LogP contribution in [0.15, 0.2) is 29.2 Å². The molecule has 1 aromatic carbocycles. The summed E-state index contributed by atoms with van der Waals surface area (Å²) in [6.07, 6.45) is 2.21. The maximum absolute atomic E-state index is 12.2. The summed E-state index contributed by atoms with van der Waals surface area (Å²) in [5.41, 5.74) is 1.16. The molecule has 1 saturated carbocycles. The standard InChI is InChI=1S/C14H22N2O2S/c1-3-15-10-12-5-4-6-13(9-12)19(17,18)16-11-14(2)7-8-14/h4-6,9,15-16H,3,7-8,10-11H2,1-2H3. The van der Waals surface area contributed by atoms with E-state index in [1.807, 2.05) is 13.0 Å². The summed E-state index contributed by atoms with van der Waals surface area (Å²) in [6.45, 7) is 6.23. The van der Waals surface area contributed by atoms with Crippen LogP contribution in [0.1, 0.15) is 32.3 Å². The third kappa shape index (κ3) is 4.03. The highest BCUT2D eigenvalue weighted by molar-refractivity contribution is 7.89. The van der Waals surface area contributed by atoms with E-state index in [4.69, 9.17) is 0 Å². The fourth-order valence-corrected chi connectivity index (χ4v) is 3.10. The number of sulfonamides is 1. The first-order valence-corrected chi connectivity index (χ1v) is 8.23. The van der Waals surface area contributed by atoms with Crippen LogP contribution < -0.4 is 10.0 Å². The molecule has 106 valence electrons. The molecule has 1 fully saturated rings. The molecule has 5 heteroatoms. The molecule has 1 aliphatic carbocycles. The lowest BCUT2D eigenvalue weighted by molar-refractivity contribution is 0.530. The van der Waals surface area contributed by atoms with E-state index >= 15 is 0 Å². The van der Waals surface area contributed by atoms with E-state index in [2.05, 4.69) is 17.0 Å². The van der Waals surface area contributed by atoms with Crippen LogP contribution in [0.2, 0.25) is 0 Å². The van der Waals surface area contributed by atoms with Gasteiger partial charge >= 0.3 is 0 Å². The van der Waals surface area contributed by atoms with E-state index in [0.29, 0.717) is 18.0 Å². The number of benzene rings is 1. The number of hydrogen-bond acceptors (Lipinski definition) is 3. The Morgan fingerprint density at radius 2 is 2.05 bits per heavy atom. The second-order valence-corrected chi connectivity index (χ2v) is 7.33. The molecule has 1 aliphatic rings. The van der Waals surface area contributed by atoms with Crippen molar-refractivity contribution in [2.75, 3.05) is 13.1 Å². The SMILES string of the molecule is CCNCc1cccc(S(=O)(=O)NCC2(C)CC2)c1. The average molecular weight is 282 g/mol. The lowest BCUT2D eigenvalue weighted by atomic mass is 10.2. The molecule has 0 unspecified atom stereocenters.